The lowest BCUT2D eigenvalue weighted by molar-refractivity contribution is 0.606. The largest absolute Gasteiger partial charge is 0.399 e. The zero-order chi connectivity index (χ0) is 13.8. The fourth-order valence-corrected chi connectivity index (χ4v) is 2.04. The highest BCUT2D eigenvalue weighted by atomic mass is 19.1. The van der Waals surface area contributed by atoms with Gasteiger partial charge in [-0.15, -0.1) is 0 Å². The van der Waals surface area contributed by atoms with Crippen molar-refractivity contribution in [1.82, 2.24) is 0 Å². The Labute approximate surface area is 113 Å². The zero-order valence-corrected chi connectivity index (χ0v) is 11.4. The van der Waals surface area contributed by atoms with Crippen LogP contribution in [0.1, 0.15) is 18.1 Å². The summed E-state index contributed by atoms with van der Waals surface area (Å²) in [7, 11) is 0. The SMILES string of the molecule is CCN(Cc1ccc(N)cc1F)c1ccc(C)cc1. The summed E-state index contributed by atoms with van der Waals surface area (Å²) in [5.41, 5.74) is 9.01. The van der Waals surface area contributed by atoms with Crippen LogP contribution >= 0.6 is 0 Å². The molecule has 0 spiro atoms. The first-order valence-corrected chi connectivity index (χ1v) is 6.45. The summed E-state index contributed by atoms with van der Waals surface area (Å²) in [6.07, 6.45) is 0. The number of aryl methyl sites for hydroxylation is 1. The molecule has 0 atom stereocenters. The number of nitrogens with two attached hydrogens (primary N) is 1. The highest BCUT2D eigenvalue weighted by Crippen LogP contribution is 2.20. The second-order valence-corrected chi connectivity index (χ2v) is 4.70. The van der Waals surface area contributed by atoms with Gasteiger partial charge in [-0.25, -0.2) is 4.39 Å². The number of hydrogen-bond acceptors (Lipinski definition) is 2. The molecule has 0 aromatic heterocycles. The van der Waals surface area contributed by atoms with Crippen LogP contribution in [0.25, 0.3) is 0 Å². The van der Waals surface area contributed by atoms with Gasteiger partial charge in [0.2, 0.25) is 0 Å². The Morgan fingerprint density at radius 1 is 1.11 bits per heavy atom. The lowest BCUT2D eigenvalue weighted by Crippen LogP contribution is -2.22. The minimum absolute atomic E-state index is 0.245. The molecule has 0 aliphatic heterocycles. The molecule has 3 heteroatoms. The van der Waals surface area contributed by atoms with Crippen LogP contribution in [-0.2, 0) is 6.54 Å². The van der Waals surface area contributed by atoms with Gasteiger partial charge in [0.05, 0.1) is 0 Å². The van der Waals surface area contributed by atoms with Crippen molar-refractivity contribution in [3.05, 3.63) is 59.4 Å². The van der Waals surface area contributed by atoms with E-state index in [-0.39, 0.29) is 5.82 Å². The van der Waals surface area contributed by atoms with Crippen LogP contribution < -0.4 is 10.6 Å². The van der Waals surface area contributed by atoms with Gasteiger partial charge in [-0.05, 0) is 38.1 Å². The standard InChI is InChI=1S/C16H19FN2/c1-3-19(15-8-4-12(2)5-9-15)11-13-6-7-14(18)10-16(13)17/h4-10H,3,11,18H2,1-2H3. The fraction of sp³-hybridized carbons (Fsp3) is 0.250. The number of halogens is 1. The molecule has 0 saturated carbocycles. The first-order chi connectivity index (χ1) is 9.10. The summed E-state index contributed by atoms with van der Waals surface area (Å²) in [5, 5.41) is 0. The maximum atomic E-state index is 13.8. The molecular weight excluding hydrogens is 239 g/mol. The average molecular weight is 258 g/mol. The van der Waals surface area contributed by atoms with Crippen molar-refractivity contribution in [3.8, 4) is 0 Å². The van der Waals surface area contributed by atoms with Crippen LogP contribution in [0, 0.1) is 12.7 Å². The zero-order valence-electron chi connectivity index (χ0n) is 11.4. The molecule has 0 radical (unpaired) electrons. The van der Waals surface area contributed by atoms with E-state index in [0.717, 1.165) is 12.2 Å². The van der Waals surface area contributed by atoms with E-state index in [2.05, 4.69) is 43.0 Å². The highest BCUT2D eigenvalue weighted by molar-refractivity contribution is 5.49. The molecule has 0 saturated heterocycles. The van der Waals surface area contributed by atoms with Crippen molar-refractivity contribution in [1.29, 1.82) is 0 Å². The van der Waals surface area contributed by atoms with Crippen molar-refractivity contribution < 1.29 is 4.39 Å². The van der Waals surface area contributed by atoms with E-state index in [1.807, 2.05) is 0 Å². The molecule has 0 aliphatic rings. The molecule has 0 amide bonds. The Morgan fingerprint density at radius 2 is 1.79 bits per heavy atom. The summed E-state index contributed by atoms with van der Waals surface area (Å²) in [6.45, 7) is 5.49. The second kappa shape index (κ2) is 5.74. The van der Waals surface area contributed by atoms with Gasteiger partial charge in [-0.1, -0.05) is 23.8 Å². The molecule has 2 N–H and O–H groups in total. The molecule has 100 valence electrons. The Balaban J connectivity index is 2.21. The van der Waals surface area contributed by atoms with Crippen molar-refractivity contribution in [3.63, 3.8) is 0 Å². The minimum Gasteiger partial charge on any atom is -0.399 e. The van der Waals surface area contributed by atoms with Gasteiger partial charge in [0.15, 0.2) is 0 Å². The van der Waals surface area contributed by atoms with Gasteiger partial charge < -0.3 is 10.6 Å². The number of rotatable bonds is 4. The monoisotopic (exact) mass is 258 g/mol. The number of hydrogen-bond donors (Lipinski definition) is 1. The maximum Gasteiger partial charge on any atom is 0.130 e. The summed E-state index contributed by atoms with van der Waals surface area (Å²) in [5.74, 6) is -0.245. The molecule has 2 nitrogen and oxygen atoms in total. The Morgan fingerprint density at radius 3 is 2.37 bits per heavy atom. The molecular formula is C16H19FN2. The van der Waals surface area contributed by atoms with E-state index >= 15 is 0 Å². The van der Waals surface area contributed by atoms with Crippen molar-refractivity contribution in [2.24, 2.45) is 0 Å². The summed E-state index contributed by atoms with van der Waals surface area (Å²) in [4.78, 5) is 2.13. The van der Waals surface area contributed by atoms with Crippen molar-refractivity contribution in [2.45, 2.75) is 20.4 Å². The van der Waals surface area contributed by atoms with Crippen LogP contribution in [0.3, 0.4) is 0 Å². The van der Waals surface area contributed by atoms with Gasteiger partial charge in [-0.2, -0.15) is 0 Å². The molecule has 0 heterocycles. The van der Waals surface area contributed by atoms with Crippen LogP contribution in [0.15, 0.2) is 42.5 Å². The maximum absolute atomic E-state index is 13.8. The summed E-state index contributed by atoms with van der Waals surface area (Å²) < 4.78 is 13.8. The molecule has 0 bridgehead atoms. The van der Waals surface area contributed by atoms with E-state index in [0.29, 0.717) is 17.8 Å². The number of benzene rings is 2. The van der Waals surface area contributed by atoms with Crippen molar-refractivity contribution >= 4 is 11.4 Å². The third kappa shape index (κ3) is 3.25. The lowest BCUT2D eigenvalue weighted by atomic mass is 10.1. The van der Waals surface area contributed by atoms with E-state index < -0.39 is 0 Å². The normalized spacial score (nSPS) is 10.5. The predicted octanol–water partition coefficient (Wildman–Crippen LogP) is 3.74. The second-order valence-electron chi connectivity index (χ2n) is 4.70. The topological polar surface area (TPSA) is 29.3 Å². The smallest absolute Gasteiger partial charge is 0.130 e. The highest BCUT2D eigenvalue weighted by Gasteiger charge is 2.09. The van der Waals surface area contributed by atoms with Gasteiger partial charge in [-0.3, -0.25) is 0 Å². The van der Waals surface area contributed by atoms with Gasteiger partial charge in [0.1, 0.15) is 5.82 Å². The number of nitrogens with zero attached hydrogens (tertiary/aromatic N) is 1. The Kier molecular flexibility index (Phi) is 4.05. The third-order valence-corrected chi connectivity index (χ3v) is 3.22. The quantitative estimate of drug-likeness (QED) is 0.846. The fourth-order valence-electron chi connectivity index (χ4n) is 2.04. The van der Waals surface area contributed by atoms with Crippen LogP contribution in [-0.4, -0.2) is 6.54 Å². The lowest BCUT2D eigenvalue weighted by Gasteiger charge is -2.23. The minimum atomic E-state index is -0.245. The first-order valence-electron chi connectivity index (χ1n) is 6.45. The molecule has 2 rings (SSSR count). The van der Waals surface area contributed by atoms with Crippen molar-refractivity contribution in [2.75, 3.05) is 17.2 Å². The Bertz CT molecular complexity index is 549. The van der Waals surface area contributed by atoms with E-state index in [4.69, 9.17) is 5.73 Å². The third-order valence-electron chi connectivity index (χ3n) is 3.22. The van der Waals surface area contributed by atoms with E-state index in [9.17, 15) is 4.39 Å². The van der Waals surface area contributed by atoms with Gasteiger partial charge >= 0.3 is 0 Å². The molecule has 0 aliphatic carbocycles. The summed E-state index contributed by atoms with van der Waals surface area (Å²) >= 11 is 0. The van der Waals surface area contributed by atoms with Gasteiger partial charge in [0.25, 0.3) is 0 Å². The molecule has 2 aromatic carbocycles. The predicted molar refractivity (Wildman–Crippen MR) is 78.7 cm³/mol. The average Bonchev–Trinajstić information content (AvgIpc) is 2.39. The number of nitrogen functional groups attached to an aromatic ring is 1. The Hall–Kier alpha value is -2.03. The van der Waals surface area contributed by atoms with E-state index in [1.54, 1.807) is 12.1 Å². The first kappa shape index (κ1) is 13.4. The summed E-state index contributed by atoms with van der Waals surface area (Å²) in [6, 6.07) is 13.1. The van der Waals surface area contributed by atoms with Gasteiger partial charge in [0, 0.05) is 30.0 Å². The molecule has 0 fully saturated rings. The molecule has 19 heavy (non-hydrogen) atoms. The van der Waals surface area contributed by atoms with Crippen LogP contribution in [0.4, 0.5) is 15.8 Å². The molecule has 2 aromatic rings. The number of anilines is 2. The van der Waals surface area contributed by atoms with Crippen LogP contribution in [0.2, 0.25) is 0 Å². The van der Waals surface area contributed by atoms with E-state index in [1.165, 1.54) is 11.6 Å². The molecule has 0 unspecified atom stereocenters. The van der Waals surface area contributed by atoms with Crippen LogP contribution in [0.5, 0.6) is 0 Å².